The average Bonchev–Trinajstić information content (AvgIpc) is 2.65. The summed E-state index contributed by atoms with van der Waals surface area (Å²) in [5.41, 5.74) is 2.49. The van der Waals surface area contributed by atoms with Crippen LogP contribution in [0, 0.1) is 0 Å². The van der Waals surface area contributed by atoms with E-state index < -0.39 is 0 Å². The number of hydrogen-bond donors (Lipinski definition) is 0. The first-order valence-corrected chi connectivity index (χ1v) is 9.21. The molecule has 0 atom stereocenters. The second kappa shape index (κ2) is 7.98. The van der Waals surface area contributed by atoms with E-state index >= 15 is 0 Å². The van der Waals surface area contributed by atoms with Crippen LogP contribution in [0.25, 0.3) is 10.9 Å². The zero-order valence-corrected chi connectivity index (χ0v) is 16.4. The fourth-order valence-electron chi connectivity index (χ4n) is 2.73. The van der Waals surface area contributed by atoms with Gasteiger partial charge in [0.25, 0.3) is 5.91 Å². The lowest BCUT2D eigenvalue weighted by atomic mass is 10.1. The molecule has 0 spiro atoms. The number of halogens is 2. The molecular weight excluding hydrogens is 416 g/mol. The maximum atomic E-state index is 12.6. The third kappa shape index (κ3) is 3.94. The molecule has 0 saturated heterocycles. The lowest BCUT2D eigenvalue weighted by molar-refractivity contribution is 0.0793. The molecule has 6 heteroatoms. The Kier molecular flexibility index (Phi) is 5.69. The lowest BCUT2D eigenvalue weighted by Gasteiger charge is -2.18. The second-order valence-electron chi connectivity index (χ2n) is 5.96. The number of rotatable bonds is 5. The van der Waals surface area contributed by atoms with E-state index in [9.17, 15) is 9.59 Å². The summed E-state index contributed by atoms with van der Waals surface area (Å²) < 4.78 is 0.945. The van der Waals surface area contributed by atoms with Crippen molar-refractivity contribution in [2.45, 2.75) is 6.42 Å². The van der Waals surface area contributed by atoms with Crippen LogP contribution in [-0.4, -0.2) is 35.7 Å². The van der Waals surface area contributed by atoms with Crippen molar-refractivity contribution in [3.63, 3.8) is 0 Å². The van der Waals surface area contributed by atoms with Crippen molar-refractivity contribution < 1.29 is 9.59 Å². The van der Waals surface area contributed by atoms with E-state index in [0.717, 1.165) is 20.9 Å². The molecule has 0 aliphatic carbocycles. The molecule has 0 aliphatic rings. The van der Waals surface area contributed by atoms with Gasteiger partial charge in [-0.2, -0.15) is 0 Å². The Balaban J connectivity index is 1.77. The number of pyridine rings is 1. The molecule has 132 valence electrons. The van der Waals surface area contributed by atoms with Gasteiger partial charge < -0.3 is 4.90 Å². The van der Waals surface area contributed by atoms with Crippen LogP contribution >= 0.6 is 27.5 Å². The molecule has 1 aromatic heterocycles. The quantitative estimate of drug-likeness (QED) is 0.431. The summed E-state index contributed by atoms with van der Waals surface area (Å²) in [5, 5.41) is 1.43. The predicted molar refractivity (Wildman–Crippen MR) is 107 cm³/mol. The maximum Gasteiger partial charge on any atom is 0.254 e. The topological polar surface area (TPSA) is 50.3 Å². The highest BCUT2D eigenvalue weighted by molar-refractivity contribution is 9.10. The van der Waals surface area contributed by atoms with E-state index in [-0.39, 0.29) is 5.91 Å². The van der Waals surface area contributed by atoms with Gasteiger partial charge in [0.15, 0.2) is 6.29 Å². The zero-order chi connectivity index (χ0) is 18.7. The lowest BCUT2D eigenvalue weighted by Crippen LogP contribution is -2.29. The van der Waals surface area contributed by atoms with Crippen LogP contribution in [-0.2, 0) is 6.42 Å². The molecule has 2 aromatic carbocycles. The Morgan fingerprint density at radius 2 is 2.00 bits per heavy atom. The molecule has 26 heavy (non-hydrogen) atoms. The summed E-state index contributed by atoms with van der Waals surface area (Å²) in [5.74, 6) is -0.193. The Hall–Kier alpha value is -2.24. The summed E-state index contributed by atoms with van der Waals surface area (Å²) in [4.78, 5) is 29.7. The molecule has 1 heterocycles. The van der Waals surface area contributed by atoms with Crippen LogP contribution in [0.3, 0.4) is 0 Å². The Morgan fingerprint density at radius 1 is 1.23 bits per heavy atom. The number of hydrogen-bond acceptors (Lipinski definition) is 3. The van der Waals surface area contributed by atoms with Crippen molar-refractivity contribution >= 4 is 50.6 Å². The van der Waals surface area contributed by atoms with Gasteiger partial charge in [0.1, 0.15) is 5.15 Å². The van der Waals surface area contributed by atoms with E-state index in [2.05, 4.69) is 20.9 Å². The average molecular weight is 432 g/mol. The van der Waals surface area contributed by atoms with Gasteiger partial charge in [-0.3, -0.25) is 9.59 Å². The summed E-state index contributed by atoms with van der Waals surface area (Å²) in [6.45, 7) is 0.468. The summed E-state index contributed by atoms with van der Waals surface area (Å²) >= 11 is 9.73. The van der Waals surface area contributed by atoms with Gasteiger partial charge >= 0.3 is 0 Å². The minimum absolute atomic E-state index is 0.193. The highest BCUT2D eigenvalue weighted by Gasteiger charge is 2.16. The summed E-state index contributed by atoms with van der Waals surface area (Å²) in [6, 6.07) is 14.6. The Bertz CT molecular complexity index is 991. The van der Waals surface area contributed by atoms with Crippen molar-refractivity contribution in [1.82, 2.24) is 9.88 Å². The second-order valence-corrected chi connectivity index (χ2v) is 7.23. The van der Waals surface area contributed by atoms with Gasteiger partial charge in [0.2, 0.25) is 0 Å². The molecule has 4 nitrogen and oxygen atoms in total. The molecule has 0 fully saturated rings. The highest BCUT2D eigenvalue weighted by atomic mass is 79.9. The minimum atomic E-state index is -0.193. The van der Waals surface area contributed by atoms with Crippen molar-refractivity contribution in [3.8, 4) is 0 Å². The Morgan fingerprint density at radius 3 is 2.77 bits per heavy atom. The standard InChI is InChI=1S/C20H16BrClN2O2/c1-24(20(26)17-5-3-2-4-15(17)12-25)9-8-14-10-13-6-7-16(21)11-18(13)23-19(14)22/h2-7,10-12H,8-9H2,1H3. The van der Waals surface area contributed by atoms with Crippen LogP contribution in [0.15, 0.2) is 53.0 Å². The van der Waals surface area contributed by atoms with Crippen molar-refractivity contribution in [2.24, 2.45) is 0 Å². The van der Waals surface area contributed by atoms with Crippen molar-refractivity contribution in [1.29, 1.82) is 0 Å². The molecule has 3 aromatic rings. The third-order valence-corrected chi connectivity index (χ3v) is 5.01. The molecule has 0 unspecified atom stereocenters. The SMILES string of the molecule is CN(CCc1cc2ccc(Br)cc2nc1Cl)C(=O)c1ccccc1C=O. The number of fused-ring (bicyclic) bond motifs is 1. The molecular formula is C20H16BrClN2O2. The van der Waals surface area contributed by atoms with Crippen LogP contribution in [0.4, 0.5) is 0 Å². The van der Waals surface area contributed by atoms with Crippen LogP contribution in [0.2, 0.25) is 5.15 Å². The maximum absolute atomic E-state index is 12.6. The number of carbonyl (C=O) groups excluding carboxylic acids is 2. The van der Waals surface area contributed by atoms with Gasteiger partial charge in [0, 0.05) is 29.0 Å². The summed E-state index contributed by atoms with van der Waals surface area (Å²) in [6.07, 6.45) is 1.27. The molecule has 1 amide bonds. The van der Waals surface area contributed by atoms with E-state index in [1.54, 1.807) is 36.2 Å². The predicted octanol–water partition coefficient (Wildman–Crippen LogP) is 4.78. The largest absolute Gasteiger partial charge is 0.341 e. The van der Waals surface area contributed by atoms with Gasteiger partial charge in [-0.15, -0.1) is 0 Å². The fourth-order valence-corrected chi connectivity index (χ4v) is 3.31. The van der Waals surface area contributed by atoms with Crippen LogP contribution in [0.1, 0.15) is 26.3 Å². The van der Waals surface area contributed by atoms with E-state index in [1.807, 2.05) is 24.3 Å². The number of carbonyl (C=O) groups is 2. The third-order valence-electron chi connectivity index (χ3n) is 4.19. The van der Waals surface area contributed by atoms with Gasteiger partial charge in [-0.05, 0) is 36.2 Å². The smallest absolute Gasteiger partial charge is 0.254 e. The first-order valence-electron chi connectivity index (χ1n) is 8.04. The van der Waals surface area contributed by atoms with Crippen molar-refractivity contribution in [3.05, 3.63) is 74.8 Å². The van der Waals surface area contributed by atoms with E-state index in [1.165, 1.54) is 0 Å². The number of aromatic nitrogens is 1. The molecule has 0 bridgehead atoms. The normalized spacial score (nSPS) is 10.7. The van der Waals surface area contributed by atoms with Gasteiger partial charge in [0.05, 0.1) is 11.1 Å². The number of amides is 1. The first kappa shape index (κ1) is 18.5. The number of likely N-dealkylation sites (N-methyl/N-ethyl adjacent to an activating group) is 1. The van der Waals surface area contributed by atoms with E-state index in [0.29, 0.717) is 35.5 Å². The zero-order valence-electron chi connectivity index (χ0n) is 14.1. The van der Waals surface area contributed by atoms with Gasteiger partial charge in [-0.1, -0.05) is 51.8 Å². The molecule has 0 radical (unpaired) electrons. The van der Waals surface area contributed by atoms with Crippen molar-refractivity contribution in [2.75, 3.05) is 13.6 Å². The molecule has 0 saturated carbocycles. The summed E-state index contributed by atoms with van der Waals surface area (Å²) in [7, 11) is 1.71. The monoisotopic (exact) mass is 430 g/mol. The van der Waals surface area contributed by atoms with Gasteiger partial charge in [-0.25, -0.2) is 4.98 Å². The Labute approximate surface area is 164 Å². The van der Waals surface area contributed by atoms with Crippen LogP contribution < -0.4 is 0 Å². The minimum Gasteiger partial charge on any atom is -0.341 e. The highest BCUT2D eigenvalue weighted by Crippen LogP contribution is 2.24. The fraction of sp³-hybridized carbons (Fsp3) is 0.150. The molecule has 0 aliphatic heterocycles. The number of aldehydes is 1. The van der Waals surface area contributed by atoms with E-state index in [4.69, 9.17) is 11.6 Å². The number of nitrogens with zero attached hydrogens (tertiary/aromatic N) is 2. The molecule has 0 N–H and O–H groups in total. The van der Waals surface area contributed by atoms with Crippen LogP contribution in [0.5, 0.6) is 0 Å². The number of benzene rings is 2. The first-order chi connectivity index (χ1) is 12.5. The molecule has 3 rings (SSSR count).